The Morgan fingerprint density at radius 2 is 2.18 bits per heavy atom. The standard InChI is InChI=1S/C17H22FN3O/c1-12-14(8-19)16(18)5-4-15(12)17(2)11-21-7-6-20(3)9-13(21)10-22-17/h4-5,13H,6-7,9-11H2,1-3H3. The molecular weight excluding hydrogens is 281 g/mol. The molecule has 4 nitrogen and oxygen atoms in total. The molecule has 0 aliphatic carbocycles. The molecule has 0 saturated carbocycles. The van der Waals surface area contributed by atoms with Gasteiger partial charge in [0.25, 0.3) is 0 Å². The van der Waals surface area contributed by atoms with E-state index in [4.69, 9.17) is 4.74 Å². The molecule has 2 saturated heterocycles. The Kier molecular flexibility index (Phi) is 3.94. The summed E-state index contributed by atoms with van der Waals surface area (Å²) in [7, 11) is 2.13. The SMILES string of the molecule is Cc1c(C2(C)CN3CCN(C)CC3CO2)ccc(F)c1C#N. The first-order valence-corrected chi connectivity index (χ1v) is 7.71. The van der Waals surface area contributed by atoms with Crippen LogP contribution < -0.4 is 0 Å². The van der Waals surface area contributed by atoms with Gasteiger partial charge in [-0.05, 0) is 38.1 Å². The molecule has 22 heavy (non-hydrogen) atoms. The second-order valence-electron chi connectivity index (χ2n) is 6.64. The highest BCUT2D eigenvalue weighted by Gasteiger charge is 2.41. The van der Waals surface area contributed by atoms with Gasteiger partial charge in [0.05, 0.1) is 12.2 Å². The summed E-state index contributed by atoms with van der Waals surface area (Å²) in [5.41, 5.74) is 1.25. The second-order valence-corrected chi connectivity index (χ2v) is 6.64. The topological polar surface area (TPSA) is 39.5 Å². The number of morpholine rings is 1. The highest BCUT2D eigenvalue weighted by Crippen LogP contribution is 2.35. The zero-order chi connectivity index (χ0) is 15.9. The van der Waals surface area contributed by atoms with Crippen molar-refractivity contribution < 1.29 is 9.13 Å². The number of hydrogen-bond donors (Lipinski definition) is 0. The number of fused-ring (bicyclic) bond motifs is 1. The molecule has 0 amide bonds. The Balaban J connectivity index is 1.91. The molecule has 2 unspecified atom stereocenters. The molecule has 3 rings (SSSR count). The summed E-state index contributed by atoms with van der Waals surface area (Å²) >= 11 is 0. The van der Waals surface area contributed by atoms with Crippen molar-refractivity contribution in [2.45, 2.75) is 25.5 Å². The maximum atomic E-state index is 13.8. The first kappa shape index (κ1) is 15.4. The lowest BCUT2D eigenvalue weighted by molar-refractivity contribution is -0.144. The lowest BCUT2D eigenvalue weighted by Crippen LogP contribution is -2.61. The van der Waals surface area contributed by atoms with Crippen molar-refractivity contribution in [1.29, 1.82) is 5.26 Å². The first-order valence-electron chi connectivity index (χ1n) is 7.71. The molecule has 2 aliphatic rings. The van der Waals surface area contributed by atoms with Crippen LogP contribution in [0.2, 0.25) is 0 Å². The zero-order valence-electron chi connectivity index (χ0n) is 13.4. The molecule has 1 aromatic carbocycles. The molecular formula is C17H22FN3O. The van der Waals surface area contributed by atoms with Gasteiger partial charge in [-0.3, -0.25) is 4.90 Å². The van der Waals surface area contributed by atoms with Gasteiger partial charge < -0.3 is 9.64 Å². The largest absolute Gasteiger partial charge is 0.368 e. The quantitative estimate of drug-likeness (QED) is 0.794. The summed E-state index contributed by atoms with van der Waals surface area (Å²) in [6.45, 7) is 8.39. The van der Waals surface area contributed by atoms with E-state index in [1.54, 1.807) is 6.07 Å². The van der Waals surface area contributed by atoms with Crippen LogP contribution in [0, 0.1) is 24.1 Å². The van der Waals surface area contributed by atoms with Gasteiger partial charge in [0, 0.05) is 32.2 Å². The van der Waals surface area contributed by atoms with Gasteiger partial charge in [0.1, 0.15) is 17.5 Å². The van der Waals surface area contributed by atoms with E-state index >= 15 is 0 Å². The van der Waals surface area contributed by atoms with Crippen LogP contribution in [0.15, 0.2) is 12.1 Å². The van der Waals surface area contributed by atoms with E-state index < -0.39 is 11.4 Å². The number of nitriles is 1. The molecule has 118 valence electrons. The van der Waals surface area contributed by atoms with Gasteiger partial charge in [-0.25, -0.2) is 4.39 Å². The fourth-order valence-electron chi connectivity index (χ4n) is 3.68. The van der Waals surface area contributed by atoms with Crippen LogP contribution in [0.5, 0.6) is 0 Å². The summed E-state index contributed by atoms with van der Waals surface area (Å²) in [5, 5.41) is 9.18. The Labute approximate surface area is 131 Å². The van der Waals surface area contributed by atoms with Crippen molar-refractivity contribution in [3.63, 3.8) is 0 Å². The predicted molar refractivity (Wildman–Crippen MR) is 82.0 cm³/mol. The summed E-state index contributed by atoms with van der Waals surface area (Å²) in [6.07, 6.45) is 0. The van der Waals surface area contributed by atoms with Crippen molar-refractivity contribution in [2.24, 2.45) is 0 Å². The van der Waals surface area contributed by atoms with Crippen molar-refractivity contribution in [3.8, 4) is 6.07 Å². The van der Waals surface area contributed by atoms with Crippen LogP contribution >= 0.6 is 0 Å². The number of rotatable bonds is 1. The number of piperazine rings is 1. The van der Waals surface area contributed by atoms with E-state index in [1.165, 1.54) is 6.07 Å². The van der Waals surface area contributed by atoms with Crippen LogP contribution in [0.3, 0.4) is 0 Å². The lowest BCUT2D eigenvalue weighted by atomic mass is 9.87. The van der Waals surface area contributed by atoms with Crippen LogP contribution in [0.25, 0.3) is 0 Å². The predicted octanol–water partition coefficient (Wildman–Crippen LogP) is 1.87. The van der Waals surface area contributed by atoms with Gasteiger partial charge in [-0.15, -0.1) is 0 Å². The van der Waals surface area contributed by atoms with Crippen LogP contribution in [0.1, 0.15) is 23.6 Å². The third kappa shape index (κ3) is 2.52. The minimum atomic E-state index is -0.490. The number of benzene rings is 1. The van der Waals surface area contributed by atoms with Crippen molar-refractivity contribution >= 4 is 0 Å². The molecule has 1 aromatic rings. The van der Waals surface area contributed by atoms with E-state index in [1.807, 2.05) is 19.9 Å². The van der Waals surface area contributed by atoms with Crippen LogP contribution in [0.4, 0.5) is 4.39 Å². The van der Waals surface area contributed by atoms with Crippen molar-refractivity contribution in [2.75, 3.05) is 39.8 Å². The minimum absolute atomic E-state index is 0.128. The highest BCUT2D eigenvalue weighted by atomic mass is 19.1. The molecule has 0 aromatic heterocycles. The third-order valence-electron chi connectivity index (χ3n) is 5.00. The number of likely N-dealkylation sites (N-methyl/N-ethyl adjacent to an activating group) is 1. The number of nitrogens with zero attached hydrogens (tertiary/aromatic N) is 3. The smallest absolute Gasteiger partial charge is 0.141 e. The molecule has 2 aliphatic heterocycles. The van der Waals surface area contributed by atoms with E-state index in [0.717, 1.165) is 31.7 Å². The number of hydrogen-bond acceptors (Lipinski definition) is 4. The number of ether oxygens (including phenoxy) is 1. The molecule has 0 radical (unpaired) electrons. The fourth-order valence-corrected chi connectivity index (χ4v) is 3.68. The Hall–Kier alpha value is -1.48. The van der Waals surface area contributed by atoms with E-state index in [-0.39, 0.29) is 5.56 Å². The molecule has 2 atom stereocenters. The third-order valence-corrected chi connectivity index (χ3v) is 5.00. The van der Waals surface area contributed by atoms with Gasteiger partial charge in [-0.2, -0.15) is 5.26 Å². The Bertz CT molecular complexity index is 627. The second kappa shape index (κ2) is 5.62. The van der Waals surface area contributed by atoms with Gasteiger partial charge in [0.15, 0.2) is 0 Å². The van der Waals surface area contributed by atoms with Crippen LogP contribution in [-0.4, -0.2) is 55.7 Å². The van der Waals surface area contributed by atoms with Gasteiger partial charge in [-0.1, -0.05) is 6.07 Å². The van der Waals surface area contributed by atoms with Crippen molar-refractivity contribution in [1.82, 2.24) is 9.80 Å². The molecule has 2 heterocycles. The fraction of sp³-hybridized carbons (Fsp3) is 0.588. The molecule has 0 spiro atoms. The van der Waals surface area contributed by atoms with E-state index in [9.17, 15) is 9.65 Å². The molecule has 2 fully saturated rings. The highest BCUT2D eigenvalue weighted by molar-refractivity contribution is 5.45. The summed E-state index contributed by atoms with van der Waals surface area (Å²) in [6, 6.07) is 5.54. The summed E-state index contributed by atoms with van der Waals surface area (Å²) in [4.78, 5) is 4.78. The first-order chi connectivity index (χ1) is 10.4. The Morgan fingerprint density at radius 3 is 2.91 bits per heavy atom. The van der Waals surface area contributed by atoms with Gasteiger partial charge in [0.2, 0.25) is 0 Å². The minimum Gasteiger partial charge on any atom is -0.368 e. The van der Waals surface area contributed by atoms with E-state index in [2.05, 4.69) is 16.8 Å². The lowest BCUT2D eigenvalue weighted by Gasteiger charge is -2.49. The number of halogens is 1. The summed E-state index contributed by atoms with van der Waals surface area (Å²) < 4.78 is 19.9. The molecule has 0 bridgehead atoms. The van der Waals surface area contributed by atoms with Crippen molar-refractivity contribution in [3.05, 3.63) is 34.6 Å². The van der Waals surface area contributed by atoms with Crippen LogP contribution in [-0.2, 0) is 10.3 Å². The maximum Gasteiger partial charge on any atom is 0.141 e. The maximum absolute atomic E-state index is 13.8. The molecule has 5 heteroatoms. The molecule has 0 N–H and O–H groups in total. The van der Waals surface area contributed by atoms with Gasteiger partial charge >= 0.3 is 0 Å². The Morgan fingerprint density at radius 1 is 1.41 bits per heavy atom. The zero-order valence-corrected chi connectivity index (χ0v) is 13.4. The average Bonchev–Trinajstić information content (AvgIpc) is 2.48. The summed E-state index contributed by atoms with van der Waals surface area (Å²) in [5.74, 6) is -0.458. The van der Waals surface area contributed by atoms with E-state index in [0.29, 0.717) is 18.2 Å². The normalized spacial score (nSPS) is 29.9. The average molecular weight is 303 g/mol. The monoisotopic (exact) mass is 303 g/mol.